The van der Waals surface area contributed by atoms with Crippen molar-refractivity contribution >= 4 is 11.8 Å². The second-order valence-electron chi connectivity index (χ2n) is 7.21. The van der Waals surface area contributed by atoms with Crippen LogP contribution in [0.5, 0.6) is 5.75 Å². The van der Waals surface area contributed by atoms with Crippen molar-refractivity contribution < 1.29 is 14.3 Å². The van der Waals surface area contributed by atoms with Gasteiger partial charge in [0.2, 0.25) is 11.8 Å². The standard InChI is InChI=1S/C21H28N4O3/c1-15(23-20(26)14-24-12-6-4-5-7-21(24)27)19-13-22-25(16(19)2)17-8-10-18(28-3)11-9-17/h8-11,13,15H,4-7,12,14H2,1-3H3,(H,23,26)/t15-/m1/s1. The molecule has 0 bridgehead atoms. The van der Waals surface area contributed by atoms with Crippen LogP contribution in [-0.2, 0) is 9.59 Å². The van der Waals surface area contributed by atoms with Gasteiger partial charge >= 0.3 is 0 Å². The lowest BCUT2D eigenvalue weighted by Gasteiger charge is -2.21. The van der Waals surface area contributed by atoms with Gasteiger partial charge in [-0.15, -0.1) is 0 Å². The van der Waals surface area contributed by atoms with E-state index in [1.165, 1.54) is 0 Å². The van der Waals surface area contributed by atoms with Crippen molar-refractivity contribution in [3.05, 3.63) is 41.7 Å². The van der Waals surface area contributed by atoms with Crippen LogP contribution < -0.4 is 10.1 Å². The largest absolute Gasteiger partial charge is 0.497 e. The highest BCUT2D eigenvalue weighted by Crippen LogP contribution is 2.22. The first-order valence-electron chi connectivity index (χ1n) is 9.75. The van der Waals surface area contributed by atoms with Gasteiger partial charge in [0.25, 0.3) is 0 Å². The number of ether oxygens (including phenoxy) is 1. The third-order valence-corrected chi connectivity index (χ3v) is 5.21. The number of methoxy groups -OCH3 is 1. The molecule has 1 aromatic heterocycles. The number of carbonyl (C=O) groups is 2. The number of hydrogen-bond acceptors (Lipinski definition) is 4. The number of amides is 2. The zero-order valence-electron chi connectivity index (χ0n) is 16.8. The minimum absolute atomic E-state index is 0.0730. The van der Waals surface area contributed by atoms with E-state index in [1.807, 2.05) is 42.8 Å². The van der Waals surface area contributed by atoms with Crippen LogP contribution in [0.3, 0.4) is 0 Å². The van der Waals surface area contributed by atoms with E-state index in [4.69, 9.17) is 4.74 Å². The molecule has 1 fully saturated rings. The quantitative estimate of drug-likeness (QED) is 0.831. The molecule has 1 aliphatic heterocycles. The SMILES string of the molecule is COc1ccc(-n2ncc([C@@H](C)NC(=O)CN3CCCCCC3=O)c2C)cc1. The lowest BCUT2D eigenvalue weighted by atomic mass is 10.1. The number of rotatable bonds is 6. The van der Waals surface area contributed by atoms with Crippen molar-refractivity contribution in [3.63, 3.8) is 0 Å². The summed E-state index contributed by atoms with van der Waals surface area (Å²) in [5.41, 5.74) is 2.84. The van der Waals surface area contributed by atoms with Crippen molar-refractivity contribution in [1.29, 1.82) is 0 Å². The molecule has 7 heteroatoms. The summed E-state index contributed by atoms with van der Waals surface area (Å²) in [5.74, 6) is 0.723. The highest BCUT2D eigenvalue weighted by Gasteiger charge is 2.21. The molecule has 2 amide bonds. The molecule has 1 saturated heterocycles. The van der Waals surface area contributed by atoms with E-state index in [1.54, 1.807) is 18.2 Å². The van der Waals surface area contributed by atoms with Crippen molar-refractivity contribution in [2.24, 2.45) is 0 Å². The van der Waals surface area contributed by atoms with Gasteiger partial charge in [0.05, 0.1) is 31.6 Å². The average Bonchev–Trinajstić information content (AvgIpc) is 2.96. The minimum atomic E-state index is -0.193. The second kappa shape index (κ2) is 8.91. The first-order valence-corrected chi connectivity index (χ1v) is 9.75. The predicted molar refractivity (Wildman–Crippen MR) is 106 cm³/mol. The lowest BCUT2D eigenvalue weighted by Crippen LogP contribution is -2.41. The zero-order valence-corrected chi connectivity index (χ0v) is 16.8. The molecule has 150 valence electrons. The average molecular weight is 384 g/mol. The summed E-state index contributed by atoms with van der Waals surface area (Å²) >= 11 is 0. The molecule has 28 heavy (non-hydrogen) atoms. The van der Waals surface area contributed by atoms with E-state index >= 15 is 0 Å². The molecule has 0 saturated carbocycles. The summed E-state index contributed by atoms with van der Waals surface area (Å²) in [6, 6.07) is 7.47. The molecule has 0 spiro atoms. The van der Waals surface area contributed by atoms with Crippen LogP contribution >= 0.6 is 0 Å². The van der Waals surface area contributed by atoms with Gasteiger partial charge < -0.3 is 15.0 Å². The molecule has 0 radical (unpaired) electrons. The molecule has 1 aromatic carbocycles. The third-order valence-electron chi connectivity index (χ3n) is 5.21. The number of likely N-dealkylation sites (tertiary alicyclic amines) is 1. The molecule has 2 heterocycles. The number of nitrogens with one attached hydrogen (secondary N) is 1. The molecular weight excluding hydrogens is 356 g/mol. The van der Waals surface area contributed by atoms with Gasteiger partial charge in [0.1, 0.15) is 5.75 Å². The molecule has 0 aliphatic carbocycles. The molecule has 7 nitrogen and oxygen atoms in total. The van der Waals surface area contributed by atoms with Crippen LogP contribution in [0.1, 0.15) is 49.9 Å². The summed E-state index contributed by atoms with van der Waals surface area (Å²) in [6.45, 7) is 4.70. The van der Waals surface area contributed by atoms with E-state index in [9.17, 15) is 9.59 Å². The third kappa shape index (κ3) is 4.52. The Labute approximate surface area is 165 Å². The monoisotopic (exact) mass is 384 g/mol. The first-order chi connectivity index (χ1) is 13.5. The number of benzene rings is 1. The van der Waals surface area contributed by atoms with Crippen LogP contribution in [0.4, 0.5) is 0 Å². The summed E-state index contributed by atoms with van der Waals surface area (Å²) in [4.78, 5) is 26.2. The first kappa shape index (κ1) is 19.9. The Hall–Kier alpha value is -2.83. The molecular formula is C21H28N4O3. The maximum atomic E-state index is 12.5. The van der Waals surface area contributed by atoms with Crippen molar-refractivity contribution in [2.45, 2.75) is 45.6 Å². The number of aromatic nitrogens is 2. The van der Waals surface area contributed by atoms with Gasteiger partial charge in [-0.25, -0.2) is 4.68 Å². The smallest absolute Gasteiger partial charge is 0.240 e. The molecule has 3 rings (SSSR count). The summed E-state index contributed by atoms with van der Waals surface area (Å²) < 4.78 is 7.04. The Morgan fingerprint density at radius 2 is 2.00 bits per heavy atom. The molecule has 1 atom stereocenters. The van der Waals surface area contributed by atoms with Crippen LogP contribution in [0.2, 0.25) is 0 Å². The highest BCUT2D eigenvalue weighted by molar-refractivity contribution is 5.85. The van der Waals surface area contributed by atoms with Crippen molar-refractivity contribution in [1.82, 2.24) is 20.0 Å². The van der Waals surface area contributed by atoms with E-state index < -0.39 is 0 Å². The number of hydrogen-bond donors (Lipinski definition) is 1. The fourth-order valence-electron chi connectivity index (χ4n) is 3.58. The maximum absolute atomic E-state index is 12.5. The molecule has 1 N–H and O–H groups in total. The Balaban J connectivity index is 1.65. The fraction of sp³-hybridized carbons (Fsp3) is 0.476. The van der Waals surface area contributed by atoms with Crippen LogP contribution in [0.15, 0.2) is 30.5 Å². The van der Waals surface area contributed by atoms with Crippen LogP contribution in [-0.4, -0.2) is 46.7 Å². The predicted octanol–water partition coefficient (Wildman–Crippen LogP) is 2.77. The highest BCUT2D eigenvalue weighted by atomic mass is 16.5. The van der Waals surface area contributed by atoms with Crippen molar-refractivity contribution in [2.75, 3.05) is 20.2 Å². The lowest BCUT2D eigenvalue weighted by molar-refractivity contribution is -0.135. The second-order valence-corrected chi connectivity index (χ2v) is 7.21. The van der Waals surface area contributed by atoms with Gasteiger partial charge in [-0.05, 0) is 51.0 Å². The summed E-state index contributed by atoms with van der Waals surface area (Å²) in [7, 11) is 1.63. The Morgan fingerprint density at radius 1 is 1.25 bits per heavy atom. The molecule has 2 aromatic rings. The van der Waals surface area contributed by atoms with Gasteiger partial charge in [0, 0.05) is 24.2 Å². The van der Waals surface area contributed by atoms with E-state index in [0.717, 1.165) is 42.0 Å². The zero-order chi connectivity index (χ0) is 20.1. The van der Waals surface area contributed by atoms with E-state index in [-0.39, 0.29) is 24.4 Å². The summed E-state index contributed by atoms with van der Waals surface area (Å²) in [6.07, 6.45) is 5.24. The fourth-order valence-corrected chi connectivity index (χ4v) is 3.58. The minimum Gasteiger partial charge on any atom is -0.497 e. The Morgan fingerprint density at radius 3 is 2.71 bits per heavy atom. The van der Waals surface area contributed by atoms with E-state index in [2.05, 4.69) is 10.4 Å². The van der Waals surface area contributed by atoms with Crippen LogP contribution in [0.25, 0.3) is 5.69 Å². The normalized spacial score (nSPS) is 15.8. The van der Waals surface area contributed by atoms with E-state index in [0.29, 0.717) is 13.0 Å². The van der Waals surface area contributed by atoms with Gasteiger partial charge in [-0.1, -0.05) is 6.42 Å². The topological polar surface area (TPSA) is 76.5 Å². The van der Waals surface area contributed by atoms with Gasteiger partial charge in [-0.2, -0.15) is 5.10 Å². The van der Waals surface area contributed by atoms with Gasteiger partial charge in [0.15, 0.2) is 0 Å². The Kier molecular flexibility index (Phi) is 6.34. The number of nitrogens with zero attached hydrogens (tertiary/aromatic N) is 3. The van der Waals surface area contributed by atoms with Gasteiger partial charge in [-0.3, -0.25) is 9.59 Å². The maximum Gasteiger partial charge on any atom is 0.240 e. The molecule has 0 unspecified atom stereocenters. The number of carbonyl (C=O) groups excluding carboxylic acids is 2. The van der Waals surface area contributed by atoms with Crippen molar-refractivity contribution in [3.8, 4) is 11.4 Å². The summed E-state index contributed by atoms with van der Waals surface area (Å²) in [5, 5.41) is 7.47. The Bertz CT molecular complexity index is 829. The van der Waals surface area contributed by atoms with Crippen LogP contribution in [0, 0.1) is 6.92 Å². The molecule has 1 aliphatic rings.